The summed E-state index contributed by atoms with van der Waals surface area (Å²) < 4.78 is 63.6. The standard InChI is InChI=1S/C34H22Cl2O6S2/c35-25-3-13-31(14-4-25)43(37,38)33-17-9-27(10-18-33)41-29-7-1-23-21-30(8-2-24(23)22-29)42-28-11-19-34(20-12-28)44(39,40)32-15-5-26(36)6-16-32/h1-22H. The molecule has 6 nitrogen and oxygen atoms in total. The van der Waals surface area contributed by atoms with Crippen LogP contribution < -0.4 is 9.47 Å². The first-order valence-electron chi connectivity index (χ1n) is 13.2. The Kier molecular flexibility index (Phi) is 8.09. The van der Waals surface area contributed by atoms with Crippen LogP contribution in [0.4, 0.5) is 0 Å². The second-order valence-electron chi connectivity index (χ2n) is 9.73. The zero-order valence-corrected chi connectivity index (χ0v) is 25.9. The Hall–Kier alpha value is -4.34. The second-order valence-corrected chi connectivity index (χ2v) is 14.5. The molecule has 0 atom stereocenters. The summed E-state index contributed by atoms with van der Waals surface area (Å²) >= 11 is 11.8. The molecular formula is C34H22Cl2O6S2. The summed E-state index contributed by atoms with van der Waals surface area (Å²) in [4.78, 5) is 0.618. The number of halogens is 2. The highest BCUT2D eigenvalue weighted by Gasteiger charge is 2.19. The molecule has 0 bridgehead atoms. The van der Waals surface area contributed by atoms with Crippen molar-refractivity contribution in [2.45, 2.75) is 19.6 Å². The van der Waals surface area contributed by atoms with E-state index in [9.17, 15) is 16.8 Å². The van der Waals surface area contributed by atoms with E-state index in [0.29, 0.717) is 33.0 Å². The molecule has 0 aliphatic carbocycles. The van der Waals surface area contributed by atoms with Crippen molar-refractivity contribution in [1.29, 1.82) is 0 Å². The molecule has 0 fully saturated rings. The van der Waals surface area contributed by atoms with Crippen molar-refractivity contribution < 1.29 is 26.3 Å². The summed E-state index contributed by atoms with van der Waals surface area (Å²) in [6.07, 6.45) is 0. The summed E-state index contributed by atoms with van der Waals surface area (Å²) in [5, 5.41) is 2.73. The molecule has 10 heteroatoms. The Morgan fingerprint density at radius 3 is 0.955 bits per heavy atom. The number of rotatable bonds is 8. The van der Waals surface area contributed by atoms with E-state index in [-0.39, 0.29) is 19.6 Å². The molecule has 0 aliphatic heterocycles. The smallest absolute Gasteiger partial charge is 0.206 e. The van der Waals surface area contributed by atoms with Crippen LogP contribution in [0.3, 0.4) is 0 Å². The molecule has 0 saturated heterocycles. The van der Waals surface area contributed by atoms with Crippen molar-refractivity contribution in [1.82, 2.24) is 0 Å². The SMILES string of the molecule is O=S(=O)(c1ccc(Cl)cc1)c1ccc(Oc2ccc3cc(Oc4ccc(S(=O)(=O)c5ccc(Cl)cc5)cc4)ccc3c2)cc1. The maximum absolute atomic E-state index is 12.9. The van der Waals surface area contributed by atoms with E-state index in [1.807, 2.05) is 24.3 Å². The fourth-order valence-electron chi connectivity index (χ4n) is 4.47. The van der Waals surface area contributed by atoms with Gasteiger partial charge in [0, 0.05) is 10.0 Å². The number of sulfone groups is 2. The summed E-state index contributed by atoms with van der Waals surface area (Å²) in [7, 11) is -7.36. The fraction of sp³-hybridized carbons (Fsp3) is 0. The molecule has 6 rings (SSSR count). The van der Waals surface area contributed by atoms with E-state index in [1.54, 1.807) is 36.4 Å². The predicted molar refractivity (Wildman–Crippen MR) is 171 cm³/mol. The van der Waals surface area contributed by atoms with Crippen LogP contribution in [0.5, 0.6) is 23.0 Å². The quantitative estimate of drug-likeness (QED) is 0.162. The number of hydrogen-bond donors (Lipinski definition) is 0. The molecule has 220 valence electrons. The minimum Gasteiger partial charge on any atom is -0.457 e. The van der Waals surface area contributed by atoms with E-state index in [1.165, 1.54) is 72.8 Å². The lowest BCUT2D eigenvalue weighted by Gasteiger charge is -2.11. The Balaban J connectivity index is 1.13. The molecule has 6 aromatic carbocycles. The Labute approximate surface area is 264 Å². The van der Waals surface area contributed by atoms with Crippen molar-refractivity contribution in [3.8, 4) is 23.0 Å². The van der Waals surface area contributed by atoms with Gasteiger partial charge in [-0.15, -0.1) is 0 Å². The van der Waals surface area contributed by atoms with Crippen molar-refractivity contribution in [3.63, 3.8) is 0 Å². The van der Waals surface area contributed by atoms with Gasteiger partial charge < -0.3 is 9.47 Å². The Morgan fingerprint density at radius 2 is 0.636 bits per heavy atom. The summed E-state index contributed by atoms with van der Waals surface area (Å²) in [6.45, 7) is 0. The van der Waals surface area contributed by atoms with Crippen LogP contribution in [0.2, 0.25) is 10.0 Å². The average molecular weight is 662 g/mol. The lowest BCUT2D eigenvalue weighted by molar-refractivity contribution is 0.481. The van der Waals surface area contributed by atoms with Gasteiger partial charge in [0.25, 0.3) is 0 Å². The largest absolute Gasteiger partial charge is 0.457 e. The summed E-state index contributed by atoms with van der Waals surface area (Å²) in [5.74, 6) is 2.13. The van der Waals surface area contributed by atoms with E-state index >= 15 is 0 Å². The van der Waals surface area contributed by atoms with Crippen molar-refractivity contribution in [2.75, 3.05) is 0 Å². The number of benzene rings is 6. The highest BCUT2D eigenvalue weighted by atomic mass is 35.5. The number of fused-ring (bicyclic) bond motifs is 1. The second kappa shape index (κ2) is 12.0. The highest BCUT2D eigenvalue weighted by Crippen LogP contribution is 2.32. The molecule has 6 aromatic rings. The topological polar surface area (TPSA) is 86.7 Å². The van der Waals surface area contributed by atoms with E-state index in [0.717, 1.165) is 10.8 Å². The normalized spacial score (nSPS) is 11.8. The van der Waals surface area contributed by atoms with Gasteiger partial charge in [-0.2, -0.15) is 0 Å². The molecule has 0 saturated carbocycles. The molecule has 0 spiro atoms. The zero-order valence-electron chi connectivity index (χ0n) is 22.7. The van der Waals surface area contributed by atoms with Gasteiger partial charge in [-0.05, 0) is 132 Å². The predicted octanol–water partition coefficient (Wildman–Crippen LogP) is 9.40. The van der Waals surface area contributed by atoms with Gasteiger partial charge in [0.1, 0.15) is 23.0 Å². The van der Waals surface area contributed by atoms with Gasteiger partial charge in [0.05, 0.1) is 19.6 Å². The van der Waals surface area contributed by atoms with Gasteiger partial charge >= 0.3 is 0 Å². The van der Waals surface area contributed by atoms with Crippen molar-refractivity contribution in [2.24, 2.45) is 0 Å². The third-order valence-corrected chi connectivity index (χ3v) is 10.8. The van der Waals surface area contributed by atoms with Crippen LogP contribution in [0.1, 0.15) is 0 Å². The summed E-state index contributed by atoms with van der Waals surface area (Å²) in [5.41, 5.74) is 0. The van der Waals surface area contributed by atoms with Crippen LogP contribution in [0.15, 0.2) is 153 Å². The van der Waals surface area contributed by atoms with E-state index in [4.69, 9.17) is 32.7 Å². The van der Waals surface area contributed by atoms with Gasteiger partial charge in [-0.3, -0.25) is 0 Å². The lowest BCUT2D eigenvalue weighted by Crippen LogP contribution is -2.01. The van der Waals surface area contributed by atoms with Crippen LogP contribution in [-0.2, 0) is 19.7 Å². The fourth-order valence-corrected chi connectivity index (χ4v) is 7.25. The maximum atomic E-state index is 12.9. The van der Waals surface area contributed by atoms with E-state index < -0.39 is 19.7 Å². The third kappa shape index (κ3) is 6.30. The minimum atomic E-state index is -3.68. The number of ether oxygens (including phenoxy) is 2. The molecule has 0 aromatic heterocycles. The molecule has 0 radical (unpaired) electrons. The van der Waals surface area contributed by atoms with Gasteiger partial charge in [0.2, 0.25) is 19.7 Å². The Bertz CT molecular complexity index is 2020. The molecule has 0 aliphatic rings. The molecule has 44 heavy (non-hydrogen) atoms. The van der Waals surface area contributed by atoms with Gasteiger partial charge in [-0.1, -0.05) is 35.3 Å². The molecule has 0 N–H and O–H groups in total. The number of hydrogen-bond acceptors (Lipinski definition) is 6. The van der Waals surface area contributed by atoms with Gasteiger partial charge in [-0.25, -0.2) is 16.8 Å². The minimum absolute atomic E-state index is 0.149. The van der Waals surface area contributed by atoms with E-state index in [2.05, 4.69) is 0 Å². The zero-order chi connectivity index (χ0) is 30.9. The summed E-state index contributed by atoms with van der Waals surface area (Å²) in [6, 6.07) is 35.6. The van der Waals surface area contributed by atoms with Gasteiger partial charge in [0.15, 0.2) is 0 Å². The molecule has 0 unspecified atom stereocenters. The first-order chi connectivity index (χ1) is 21.1. The van der Waals surface area contributed by atoms with Crippen LogP contribution >= 0.6 is 23.2 Å². The molecule has 0 heterocycles. The molecule has 0 amide bonds. The lowest BCUT2D eigenvalue weighted by atomic mass is 10.1. The van der Waals surface area contributed by atoms with Crippen LogP contribution in [0, 0.1) is 0 Å². The Morgan fingerprint density at radius 1 is 0.364 bits per heavy atom. The monoisotopic (exact) mass is 660 g/mol. The maximum Gasteiger partial charge on any atom is 0.206 e. The molecular weight excluding hydrogens is 639 g/mol. The highest BCUT2D eigenvalue weighted by molar-refractivity contribution is 7.91. The van der Waals surface area contributed by atoms with Crippen LogP contribution in [-0.4, -0.2) is 16.8 Å². The average Bonchev–Trinajstić information content (AvgIpc) is 3.02. The van der Waals surface area contributed by atoms with Crippen molar-refractivity contribution >= 4 is 53.6 Å². The third-order valence-electron chi connectivity index (χ3n) is 6.77. The first kappa shape index (κ1) is 29.7. The van der Waals surface area contributed by atoms with Crippen LogP contribution in [0.25, 0.3) is 10.8 Å². The first-order valence-corrected chi connectivity index (χ1v) is 16.9. The van der Waals surface area contributed by atoms with Crippen molar-refractivity contribution in [3.05, 3.63) is 144 Å².